The molecule has 5 rings (SSSR count). The van der Waals surface area contributed by atoms with E-state index in [1.54, 1.807) is 18.2 Å². The molecule has 1 aliphatic rings. The van der Waals surface area contributed by atoms with Crippen molar-refractivity contribution in [1.82, 2.24) is 4.98 Å². The molecule has 27 heavy (non-hydrogen) atoms. The zero-order valence-corrected chi connectivity index (χ0v) is 14.0. The number of carbonyl (C=O) groups is 1. The van der Waals surface area contributed by atoms with E-state index >= 15 is 4.39 Å². The minimum atomic E-state index is -0.784. The number of esters is 1. The van der Waals surface area contributed by atoms with E-state index in [1.165, 1.54) is 31.4 Å². The molecule has 0 aliphatic carbocycles. The quantitative estimate of drug-likeness (QED) is 0.302. The van der Waals surface area contributed by atoms with Crippen LogP contribution in [-0.4, -0.2) is 18.1 Å². The van der Waals surface area contributed by atoms with Gasteiger partial charge < -0.3 is 9.47 Å². The van der Waals surface area contributed by atoms with Crippen LogP contribution in [0.3, 0.4) is 0 Å². The summed E-state index contributed by atoms with van der Waals surface area (Å²) in [6.45, 7) is 0. The van der Waals surface area contributed by atoms with E-state index in [2.05, 4.69) is 9.72 Å². The number of hydrogen-bond acceptors (Lipinski definition) is 4. The molecular formula is C21H11F2NO3. The van der Waals surface area contributed by atoms with Gasteiger partial charge in [0.15, 0.2) is 5.82 Å². The van der Waals surface area contributed by atoms with Gasteiger partial charge >= 0.3 is 5.97 Å². The molecule has 2 heterocycles. The van der Waals surface area contributed by atoms with Gasteiger partial charge in [0.1, 0.15) is 22.8 Å². The highest BCUT2D eigenvalue weighted by Gasteiger charge is 2.25. The molecule has 0 saturated carbocycles. The monoisotopic (exact) mass is 363 g/mol. The zero-order valence-electron chi connectivity index (χ0n) is 14.0. The number of ether oxygens (including phenoxy) is 2. The minimum Gasteiger partial charge on any atom is -0.465 e. The highest BCUT2D eigenvalue weighted by Crippen LogP contribution is 2.47. The number of rotatable bonds is 1. The van der Waals surface area contributed by atoms with Gasteiger partial charge in [-0.25, -0.2) is 18.6 Å². The lowest BCUT2D eigenvalue weighted by molar-refractivity contribution is 0.0596. The van der Waals surface area contributed by atoms with E-state index in [1.807, 2.05) is 6.07 Å². The maximum Gasteiger partial charge on any atom is 0.340 e. The Hall–Kier alpha value is -3.54. The summed E-state index contributed by atoms with van der Waals surface area (Å²) in [5, 5.41) is 1.91. The molecule has 1 aliphatic heterocycles. The first-order valence-electron chi connectivity index (χ1n) is 8.19. The average molecular weight is 363 g/mol. The van der Waals surface area contributed by atoms with Crippen LogP contribution >= 0.6 is 0 Å². The summed E-state index contributed by atoms with van der Waals surface area (Å²) >= 11 is 0. The standard InChI is InChI=1S/C21H11F2NO3/c1-26-21(25)13-7-6-12-11-3-2-4-16-17(11)19(24-20(12)18(13)23)14-9-10(22)5-8-15(14)27-16/h2-9H,1H3. The molecule has 0 fully saturated rings. The second-order valence-corrected chi connectivity index (χ2v) is 6.20. The van der Waals surface area contributed by atoms with Crippen molar-refractivity contribution in [3.05, 3.63) is 65.7 Å². The molecule has 4 nitrogen and oxygen atoms in total. The van der Waals surface area contributed by atoms with Crippen LogP contribution < -0.4 is 4.74 Å². The molecule has 0 unspecified atom stereocenters. The molecule has 0 bridgehead atoms. The molecule has 0 radical (unpaired) electrons. The summed E-state index contributed by atoms with van der Waals surface area (Å²) < 4.78 is 39.4. The van der Waals surface area contributed by atoms with Crippen molar-refractivity contribution in [2.75, 3.05) is 7.11 Å². The average Bonchev–Trinajstić information content (AvgIpc) is 2.68. The summed E-state index contributed by atoms with van der Waals surface area (Å²) in [5.74, 6) is -1.00. The molecule has 0 atom stereocenters. The van der Waals surface area contributed by atoms with Crippen LogP contribution in [0.15, 0.2) is 48.5 Å². The van der Waals surface area contributed by atoms with E-state index in [0.29, 0.717) is 38.9 Å². The molecule has 0 amide bonds. The molecule has 132 valence electrons. The van der Waals surface area contributed by atoms with Gasteiger partial charge in [0, 0.05) is 10.9 Å². The zero-order chi connectivity index (χ0) is 18.7. The second-order valence-electron chi connectivity index (χ2n) is 6.20. The van der Waals surface area contributed by atoms with E-state index in [0.717, 1.165) is 0 Å². The lowest BCUT2D eigenvalue weighted by Crippen LogP contribution is -2.06. The van der Waals surface area contributed by atoms with Gasteiger partial charge in [0.25, 0.3) is 0 Å². The Morgan fingerprint density at radius 3 is 2.70 bits per heavy atom. The predicted molar refractivity (Wildman–Crippen MR) is 96.0 cm³/mol. The van der Waals surface area contributed by atoms with E-state index in [9.17, 15) is 9.18 Å². The maximum absolute atomic E-state index is 15.1. The highest BCUT2D eigenvalue weighted by atomic mass is 19.1. The Bertz CT molecular complexity index is 1280. The topological polar surface area (TPSA) is 48.4 Å². The van der Waals surface area contributed by atoms with E-state index in [-0.39, 0.29) is 11.1 Å². The van der Waals surface area contributed by atoms with Crippen molar-refractivity contribution in [2.45, 2.75) is 0 Å². The smallest absolute Gasteiger partial charge is 0.340 e. The van der Waals surface area contributed by atoms with Crippen molar-refractivity contribution in [1.29, 1.82) is 0 Å². The summed E-state index contributed by atoms with van der Waals surface area (Å²) in [4.78, 5) is 16.3. The molecular weight excluding hydrogens is 352 g/mol. The van der Waals surface area contributed by atoms with Gasteiger partial charge in [-0.2, -0.15) is 0 Å². The largest absolute Gasteiger partial charge is 0.465 e. The number of hydrogen-bond donors (Lipinski definition) is 0. The Balaban J connectivity index is 1.96. The Labute approximate surface area is 152 Å². The maximum atomic E-state index is 15.1. The molecule has 0 saturated heterocycles. The third-order valence-electron chi connectivity index (χ3n) is 4.71. The molecule has 0 spiro atoms. The number of carbonyl (C=O) groups excluding carboxylic acids is 1. The molecule has 0 N–H and O–H groups in total. The first kappa shape index (κ1) is 15.7. The lowest BCUT2D eigenvalue weighted by atomic mass is 9.96. The number of fused-ring (bicyclic) bond motifs is 4. The highest BCUT2D eigenvalue weighted by molar-refractivity contribution is 6.15. The van der Waals surface area contributed by atoms with Crippen molar-refractivity contribution >= 4 is 27.6 Å². The van der Waals surface area contributed by atoms with Crippen molar-refractivity contribution < 1.29 is 23.0 Å². The third kappa shape index (κ3) is 2.13. The van der Waals surface area contributed by atoms with E-state index in [4.69, 9.17) is 4.74 Å². The van der Waals surface area contributed by atoms with Gasteiger partial charge in [-0.1, -0.05) is 18.2 Å². The van der Waals surface area contributed by atoms with Gasteiger partial charge in [-0.3, -0.25) is 0 Å². The van der Waals surface area contributed by atoms with E-state index < -0.39 is 17.6 Å². The fourth-order valence-corrected chi connectivity index (χ4v) is 3.50. The fraction of sp³-hybridized carbons (Fsp3) is 0.0476. The molecule has 4 aromatic rings. The SMILES string of the molecule is COC(=O)c1ccc2c(nc3c4c(cccc42)Oc2ccc(F)cc2-3)c1F. The van der Waals surface area contributed by atoms with Crippen LogP contribution in [-0.2, 0) is 4.74 Å². The molecule has 3 aromatic carbocycles. The van der Waals surface area contributed by atoms with Crippen LogP contribution in [0.5, 0.6) is 11.5 Å². The third-order valence-corrected chi connectivity index (χ3v) is 4.71. The lowest BCUT2D eigenvalue weighted by Gasteiger charge is -2.21. The number of pyridine rings is 1. The second kappa shape index (κ2) is 5.48. The van der Waals surface area contributed by atoms with Crippen LogP contribution in [0.1, 0.15) is 10.4 Å². The fourth-order valence-electron chi connectivity index (χ4n) is 3.50. The van der Waals surface area contributed by atoms with Crippen LogP contribution in [0.25, 0.3) is 32.9 Å². The predicted octanol–water partition coefficient (Wildman–Crippen LogP) is 5.23. The van der Waals surface area contributed by atoms with Crippen LogP contribution in [0.4, 0.5) is 8.78 Å². The van der Waals surface area contributed by atoms with Gasteiger partial charge in [0.2, 0.25) is 0 Å². The first-order chi connectivity index (χ1) is 13.1. The summed E-state index contributed by atoms with van der Waals surface area (Å²) in [6.07, 6.45) is 0. The number of methoxy groups -OCH3 is 1. The Kier molecular flexibility index (Phi) is 3.18. The van der Waals surface area contributed by atoms with Crippen molar-refractivity contribution in [2.24, 2.45) is 0 Å². The van der Waals surface area contributed by atoms with Gasteiger partial charge in [-0.15, -0.1) is 0 Å². The van der Waals surface area contributed by atoms with Gasteiger partial charge in [-0.05, 0) is 35.7 Å². The molecule has 6 heteroatoms. The first-order valence-corrected chi connectivity index (χ1v) is 8.19. The normalized spacial score (nSPS) is 12.0. The summed E-state index contributed by atoms with van der Waals surface area (Å²) in [7, 11) is 1.19. The van der Waals surface area contributed by atoms with Crippen molar-refractivity contribution in [3.63, 3.8) is 0 Å². The number of halogens is 2. The number of benzene rings is 3. The number of nitrogens with zero attached hydrogens (tertiary/aromatic N) is 1. The van der Waals surface area contributed by atoms with Crippen LogP contribution in [0.2, 0.25) is 0 Å². The van der Waals surface area contributed by atoms with Crippen LogP contribution in [0, 0.1) is 11.6 Å². The minimum absolute atomic E-state index is 0.0228. The summed E-state index contributed by atoms with van der Waals surface area (Å²) in [6, 6.07) is 12.5. The number of aromatic nitrogens is 1. The Morgan fingerprint density at radius 2 is 1.89 bits per heavy atom. The Morgan fingerprint density at radius 1 is 1.04 bits per heavy atom. The molecule has 1 aromatic heterocycles. The van der Waals surface area contributed by atoms with Crippen molar-refractivity contribution in [3.8, 4) is 22.8 Å². The summed E-state index contributed by atoms with van der Waals surface area (Å²) in [5.41, 5.74) is 0.666. The van der Waals surface area contributed by atoms with Gasteiger partial charge in [0.05, 0.1) is 23.8 Å².